The number of likely N-dealkylation sites (tertiary alicyclic amines) is 1. The second kappa shape index (κ2) is 8.94. The molecule has 1 unspecified atom stereocenters. The highest BCUT2D eigenvalue weighted by molar-refractivity contribution is 5.83. The topological polar surface area (TPSA) is 50.2 Å². The van der Waals surface area contributed by atoms with Crippen LogP contribution in [-0.2, 0) is 24.3 Å². The van der Waals surface area contributed by atoms with Crippen molar-refractivity contribution in [1.29, 1.82) is 0 Å². The molecule has 3 fully saturated rings. The number of carbonyl (C=O) groups is 1. The summed E-state index contributed by atoms with van der Waals surface area (Å²) in [5.41, 5.74) is 2.74. The van der Waals surface area contributed by atoms with Crippen LogP contribution in [0, 0.1) is 17.8 Å². The van der Waals surface area contributed by atoms with E-state index in [1.165, 1.54) is 43.4 Å². The van der Waals surface area contributed by atoms with Crippen LogP contribution in [0.3, 0.4) is 0 Å². The highest BCUT2D eigenvalue weighted by Crippen LogP contribution is 2.53. The number of aromatic nitrogens is 2. The lowest BCUT2D eigenvalue weighted by Crippen LogP contribution is -2.39. The first kappa shape index (κ1) is 23.6. The van der Waals surface area contributed by atoms with Gasteiger partial charge in [-0.3, -0.25) is 9.69 Å². The highest BCUT2D eigenvalue weighted by atomic mass is 19.3. The Morgan fingerprint density at radius 3 is 2.42 bits per heavy atom. The molecule has 2 saturated carbocycles. The van der Waals surface area contributed by atoms with Crippen LogP contribution in [-0.4, -0.2) is 39.5 Å². The van der Waals surface area contributed by atoms with Crippen molar-refractivity contribution in [2.24, 2.45) is 24.8 Å². The zero-order valence-corrected chi connectivity index (χ0v) is 21.0. The first-order valence-corrected chi connectivity index (χ1v) is 13.2. The summed E-state index contributed by atoms with van der Waals surface area (Å²) in [5.74, 6) is -0.409. The van der Waals surface area contributed by atoms with Crippen molar-refractivity contribution >= 4 is 16.9 Å². The molecule has 0 radical (unpaired) electrons. The van der Waals surface area contributed by atoms with Crippen LogP contribution >= 0.6 is 0 Å². The van der Waals surface area contributed by atoms with Crippen LogP contribution in [0.2, 0.25) is 0 Å². The Kier molecular flexibility index (Phi) is 5.86. The van der Waals surface area contributed by atoms with Gasteiger partial charge in [-0.2, -0.15) is 0 Å². The molecule has 1 saturated heterocycles. The second-order valence-electron chi connectivity index (χ2n) is 11.1. The van der Waals surface area contributed by atoms with E-state index in [0.29, 0.717) is 41.7 Å². The number of fused-ring (bicyclic) bond motifs is 2. The zero-order valence-electron chi connectivity index (χ0n) is 21.0. The number of halogens is 2. The van der Waals surface area contributed by atoms with Crippen molar-refractivity contribution < 1.29 is 13.6 Å². The Labute approximate surface area is 210 Å². The van der Waals surface area contributed by atoms with Gasteiger partial charge in [0, 0.05) is 44.6 Å². The van der Waals surface area contributed by atoms with E-state index in [1.54, 1.807) is 6.07 Å². The van der Waals surface area contributed by atoms with Gasteiger partial charge in [0.2, 0.25) is 5.91 Å². The van der Waals surface area contributed by atoms with Crippen LogP contribution in [0.25, 0.3) is 11.0 Å². The van der Waals surface area contributed by atoms with Crippen molar-refractivity contribution in [2.45, 2.75) is 57.0 Å². The van der Waals surface area contributed by atoms with Gasteiger partial charge in [-0.1, -0.05) is 36.4 Å². The molecule has 5 nitrogen and oxygen atoms in total. The average molecular weight is 493 g/mol. The third-order valence-electron chi connectivity index (χ3n) is 8.91. The molecule has 2 aromatic carbocycles. The number of piperidine rings is 1. The number of benzene rings is 2. The predicted octanol–water partition coefficient (Wildman–Crippen LogP) is 5.21. The van der Waals surface area contributed by atoms with E-state index in [2.05, 4.69) is 45.5 Å². The first-order valence-electron chi connectivity index (χ1n) is 13.2. The van der Waals surface area contributed by atoms with E-state index in [-0.39, 0.29) is 17.4 Å². The second-order valence-corrected chi connectivity index (χ2v) is 11.1. The SMILES string of the molecule is Cn1c(CNC(=O)C2[C@H]3CN(C4CCC(c5ccccc5)CC4)C[C@@H]23)nc2cc(C(C)(F)F)ccc21. The molecule has 2 heterocycles. The molecular weight excluding hydrogens is 458 g/mol. The standard InChI is InChI=1S/C29H34F2N4O/c1-29(30,31)20-10-13-25-24(14-20)33-26(34(25)2)15-32-28(36)27-22-16-35(17-23(22)27)21-11-8-19(9-12-21)18-6-4-3-5-7-18/h3-7,10,13-14,19,21-23,27H,8-9,11-12,15-17H2,1-2H3,(H,32,36)/t19?,21?,22-,23+,27?. The zero-order chi connectivity index (χ0) is 25.0. The summed E-state index contributed by atoms with van der Waals surface area (Å²) in [4.78, 5) is 20.1. The number of imidazole rings is 1. The maximum Gasteiger partial charge on any atom is 0.270 e. The van der Waals surface area contributed by atoms with Crippen molar-refractivity contribution in [1.82, 2.24) is 19.8 Å². The molecule has 1 N–H and O–H groups in total. The number of aryl methyl sites for hydroxylation is 1. The number of hydrogen-bond acceptors (Lipinski definition) is 3. The molecular formula is C29H34F2N4O. The number of nitrogens with one attached hydrogen (secondary N) is 1. The lowest BCUT2D eigenvalue weighted by atomic mass is 9.81. The Morgan fingerprint density at radius 2 is 1.75 bits per heavy atom. The van der Waals surface area contributed by atoms with E-state index >= 15 is 0 Å². The third kappa shape index (κ3) is 4.32. The third-order valence-corrected chi connectivity index (χ3v) is 8.91. The summed E-state index contributed by atoms with van der Waals surface area (Å²) in [5, 5.41) is 3.07. The van der Waals surface area contributed by atoms with Crippen LogP contribution < -0.4 is 5.32 Å². The summed E-state index contributed by atoms with van der Waals surface area (Å²) in [6.45, 7) is 3.26. The lowest BCUT2D eigenvalue weighted by Gasteiger charge is -2.36. The Morgan fingerprint density at radius 1 is 1.06 bits per heavy atom. The Balaban J connectivity index is 1.00. The molecule has 3 atom stereocenters. The fourth-order valence-electron chi connectivity index (χ4n) is 6.71. The van der Waals surface area contributed by atoms with Gasteiger partial charge in [0.1, 0.15) is 5.82 Å². The summed E-state index contributed by atoms with van der Waals surface area (Å²) in [6, 6.07) is 16.1. The van der Waals surface area contributed by atoms with Gasteiger partial charge in [0.15, 0.2) is 0 Å². The summed E-state index contributed by atoms with van der Waals surface area (Å²) >= 11 is 0. The van der Waals surface area contributed by atoms with Crippen molar-refractivity contribution in [2.75, 3.05) is 13.1 Å². The van der Waals surface area contributed by atoms with E-state index < -0.39 is 5.92 Å². The first-order chi connectivity index (χ1) is 17.3. The predicted molar refractivity (Wildman–Crippen MR) is 136 cm³/mol. The summed E-state index contributed by atoms with van der Waals surface area (Å²) in [7, 11) is 1.86. The van der Waals surface area contributed by atoms with E-state index in [1.807, 2.05) is 11.6 Å². The molecule has 6 rings (SSSR count). The minimum Gasteiger partial charge on any atom is -0.349 e. The number of carbonyl (C=O) groups excluding carboxylic acids is 1. The largest absolute Gasteiger partial charge is 0.349 e. The number of hydrogen-bond donors (Lipinski definition) is 1. The van der Waals surface area contributed by atoms with E-state index in [4.69, 9.17) is 0 Å². The smallest absolute Gasteiger partial charge is 0.270 e. The molecule has 1 amide bonds. The molecule has 1 aliphatic heterocycles. The normalized spacial score (nSPS) is 28.3. The van der Waals surface area contributed by atoms with Gasteiger partial charge in [0.25, 0.3) is 5.92 Å². The maximum absolute atomic E-state index is 13.7. The van der Waals surface area contributed by atoms with Gasteiger partial charge in [-0.05, 0) is 61.1 Å². The highest BCUT2D eigenvalue weighted by Gasteiger charge is 2.60. The van der Waals surface area contributed by atoms with E-state index in [0.717, 1.165) is 25.5 Å². The van der Waals surface area contributed by atoms with Crippen LogP contribution in [0.4, 0.5) is 8.78 Å². The van der Waals surface area contributed by atoms with Crippen LogP contribution in [0.5, 0.6) is 0 Å². The van der Waals surface area contributed by atoms with Gasteiger partial charge in [0.05, 0.1) is 17.6 Å². The van der Waals surface area contributed by atoms with E-state index in [9.17, 15) is 13.6 Å². The maximum atomic E-state index is 13.7. The number of alkyl halides is 2. The fourth-order valence-corrected chi connectivity index (χ4v) is 6.71. The quantitative estimate of drug-likeness (QED) is 0.514. The van der Waals surface area contributed by atoms with Gasteiger partial charge in [-0.25, -0.2) is 13.8 Å². The summed E-state index contributed by atoms with van der Waals surface area (Å²) in [6.07, 6.45) is 4.99. The molecule has 3 aromatic rings. The van der Waals surface area contributed by atoms with Crippen LogP contribution in [0.15, 0.2) is 48.5 Å². The molecule has 190 valence electrons. The van der Waals surface area contributed by atoms with Gasteiger partial charge in [-0.15, -0.1) is 0 Å². The average Bonchev–Trinajstić information content (AvgIpc) is 3.21. The molecule has 2 aliphatic carbocycles. The number of rotatable bonds is 6. The number of amides is 1. The minimum absolute atomic E-state index is 0.0485. The summed E-state index contributed by atoms with van der Waals surface area (Å²) < 4.78 is 29.3. The minimum atomic E-state index is -2.90. The van der Waals surface area contributed by atoms with Crippen molar-refractivity contribution in [3.05, 3.63) is 65.5 Å². The van der Waals surface area contributed by atoms with Gasteiger partial charge < -0.3 is 9.88 Å². The van der Waals surface area contributed by atoms with Gasteiger partial charge >= 0.3 is 0 Å². The molecule has 0 spiro atoms. The van der Waals surface area contributed by atoms with Crippen LogP contribution in [0.1, 0.15) is 55.5 Å². The molecule has 3 aliphatic rings. The Bertz CT molecular complexity index is 1250. The van der Waals surface area contributed by atoms with Crippen molar-refractivity contribution in [3.63, 3.8) is 0 Å². The lowest BCUT2D eigenvalue weighted by molar-refractivity contribution is -0.123. The monoisotopic (exact) mass is 492 g/mol. The Hall–Kier alpha value is -2.80. The number of nitrogens with zero attached hydrogens (tertiary/aromatic N) is 3. The molecule has 36 heavy (non-hydrogen) atoms. The molecule has 0 bridgehead atoms. The fraction of sp³-hybridized carbons (Fsp3) is 0.517. The molecule has 1 aromatic heterocycles. The van der Waals surface area contributed by atoms with Crippen molar-refractivity contribution in [3.8, 4) is 0 Å². The molecule has 7 heteroatoms.